The minimum atomic E-state index is 0.372. The van der Waals surface area contributed by atoms with Gasteiger partial charge in [-0.25, -0.2) is 0 Å². The highest BCUT2D eigenvalue weighted by Gasteiger charge is 2.40. The van der Waals surface area contributed by atoms with Crippen molar-refractivity contribution in [3.05, 3.63) is 0 Å². The summed E-state index contributed by atoms with van der Waals surface area (Å²) in [4.78, 5) is 14.4. The summed E-state index contributed by atoms with van der Waals surface area (Å²) in [5.41, 5.74) is 0.388. The number of nitrogens with one attached hydrogen (secondary N) is 1. The first-order valence-electron chi connectivity index (χ1n) is 7.86. The summed E-state index contributed by atoms with van der Waals surface area (Å²) in [6.45, 7) is 4.85. The summed E-state index contributed by atoms with van der Waals surface area (Å²) in [5.74, 6) is 0.372. The molecule has 3 heterocycles. The quantitative estimate of drug-likeness (QED) is 0.842. The van der Waals surface area contributed by atoms with Gasteiger partial charge >= 0.3 is 0 Å². The van der Waals surface area contributed by atoms with Crippen molar-refractivity contribution in [2.75, 3.05) is 32.8 Å². The van der Waals surface area contributed by atoms with Crippen LogP contribution in [0.1, 0.15) is 44.9 Å². The van der Waals surface area contributed by atoms with E-state index in [1.165, 1.54) is 19.3 Å². The van der Waals surface area contributed by atoms with Gasteiger partial charge in [-0.2, -0.15) is 0 Å². The van der Waals surface area contributed by atoms with E-state index < -0.39 is 0 Å². The zero-order valence-corrected chi connectivity index (χ0v) is 11.8. The number of hydrogen-bond acceptors (Lipinski definition) is 3. The molecule has 19 heavy (non-hydrogen) atoms. The minimum absolute atomic E-state index is 0.372. The van der Waals surface area contributed by atoms with Crippen molar-refractivity contribution in [1.82, 2.24) is 10.2 Å². The van der Waals surface area contributed by atoms with Gasteiger partial charge in [0.05, 0.1) is 0 Å². The fourth-order valence-corrected chi connectivity index (χ4v) is 3.82. The summed E-state index contributed by atoms with van der Waals surface area (Å²) in [7, 11) is 0. The van der Waals surface area contributed by atoms with Gasteiger partial charge in [0.2, 0.25) is 5.91 Å². The van der Waals surface area contributed by atoms with Gasteiger partial charge in [-0.15, -0.1) is 0 Å². The zero-order chi connectivity index (χ0) is 13.1. The molecule has 4 nitrogen and oxygen atoms in total. The van der Waals surface area contributed by atoms with Gasteiger partial charge in [-0.05, 0) is 50.5 Å². The Morgan fingerprint density at radius 1 is 1.32 bits per heavy atom. The predicted octanol–water partition coefficient (Wildman–Crippen LogP) is 1.55. The fourth-order valence-electron chi connectivity index (χ4n) is 3.82. The highest BCUT2D eigenvalue weighted by molar-refractivity contribution is 5.76. The Morgan fingerprint density at radius 2 is 2.16 bits per heavy atom. The van der Waals surface area contributed by atoms with Crippen molar-refractivity contribution in [3.63, 3.8) is 0 Å². The average molecular weight is 266 g/mol. The largest absolute Gasteiger partial charge is 0.381 e. The first-order chi connectivity index (χ1) is 9.27. The molecule has 3 saturated heterocycles. The van der Waals surface area contributed by atoms with Gasteiger partial charge in [0.15, 0.2) is 0 Å². The van der Waals surface area contributed by atoms with Gasteiger partial charge in [0.1, 0.15) is 0 Å². The molecule has 0 bridgehead atoms. The summed E-state index contributed by atoms with van der Waals surface area (Å²) < 4.78 is 5.46. The molecule has 0 aromatic rings. The van der Waals surface area contributed by atoms with Gasteiger partial charge < -0.3 is 15.0 Å². The van der Waals surface area contributed by atoms with E-state index in [2.05, 4.69) is 10.2 Å². The number of carbonyl (C=O) groups excluding carboxylic acids is 1. The van der Waals surface area contributed by atoms with Crippen LogP contribution in [0.3, 0.4) is 0 Å². The fraction of sp³-hybridized carbons (Fsp3) is 0.933. The number of carbonyl (C=O) groups is 1. The first kappa shape index (κ1) is 13.4. The normalized spacial score (nSPS) is 30.1. The van der Waals surface area contributed by atoms with Crippen LogP contribution >= 0.6 is 0 Å². The highest BCUT2D eigenvalue weighted by atomic mass is 16.5. The SMILES string of the molecule is O=C(CCC1CCCN1)N1CCC2(CCOCC2)C1. The molecule has 4 heteroatoms. The van der Waals surface area contributed by atoms with Crippen LogP contribution in [0, 0.1) is 5.41 Å². The van der Waals surface area contributed by atoms with Crippen molar-refractivity contribution in [1.29, 1.82) is 0 Å². The lowest BCUT2D eigenvalue weighted by Gasteiger charge is -2.33. The van der Waals surface area contributed by atoms with E-state index in [0.717, 1.165) is 58.5 Å². The van der Waals surface area contributed by atoms with Crippen molar-refractivity contribution in [2.24, 2.45) is 5.41 Å². The van der Waals surface area contributed by atoms with Crippen LogP contribution in [-0.2, 0) is 9.53 Å². The summed E-state index contributed by atoms with van der Waals surface area (Å²) in [6.07, 6.45) is 7.72. The molecule has 1 amide bonds. The van der Waals surface area contributed by atoms with Gasteiger partial charge in [-0.3, -0.25) is 4.79 Å². The van der Waals surface area contributed by atoms with E-state index in [1.807, 2.05) is 0 Å². The molecule has 0 saturated carbocycles. The minimum Gasteiger partial charge on any atom is -0.381 e. The van der Waals surface area contributed by atoms with Crippen molar-refractivity contribution < 1.29 is 9.53 Å². The molecule has 108 valence electrons. The van der Waals surface area contributed by atoms with E-state index in [0.29, 0.717) is 17.4 Å². The second kappa shape index (κ2) is 5.80. The maximum atomic E-state index is 12.3. The Kier molecular flexibility index (Phi) is 4.08. The zero-order valence-electron chi connectivity index (χ0n) is 11.8. The number of likely N-dealkylation sites (tertiary alicyclic amines) is 1. The third kappa shape index (κ3) is 3.11. The molecule has 3 rings (SSSR count). The Bertz CT molecular complexity index is 320. The van der Waals surface area contributed by atoms with Crippen molar-refractivity contribution in [3.8, 4) is 0 Å². The molecule has 3 aliphatic rings. The van der Waals surface area contributed by atoms with Crippen molar-refractivity contribution in [2.45, 2.75) is 51.0 Å². The van der Waals surface area contributed by atoms with Gasteiger partial charge in [0.25, 0.3) is 0 Å². The van der Waals surface area contributed by atoms with E-state index in [4.69, 9.17) is 4.74 Å². The summed E-state index contributed by atoms with van der Waals surface area (Å²) >= 11 is 0. The van der Waals surface area contributed by atoms with Crippen LogP contribution in [0.15, 0.2) is 0 Å². The Balaban J connectivity index is 1.45. The smallest absolute Gasteiger partial charge is 0.222 e. The lowest BCUT2D eigenvalue weighted by molar-refractivity contribution is -0.131. The number of nitrogens with zero attached hydrogens (tertiary/aromatic N) is 1. The molecule has 1 unspecified atom stereocenters. The van der Waals surface area contributed by atoms with E-state index in [9.17, 15) is 4.79 Å². The number of amides is 1. The second-order valence-electron chi connectivity index (χ2n) is 6.51. The maximum absolute atomic E-state index is 12.3. The average Bonchev–Trinajstić information content (AvgIpc) is 3.07. The van der Waals surface area contributed by atoms with Crippen LogP contribution < -0.4 is 5.32 Å². The molecule has 3 fully saturated rings. The predicted molar refractivity (Wildman–Crippen MR) is 73.9 cm³/mol. The van der Waals surface area contributed by atoms with E-state index >= 15 is 0 Å². The Hall–Kier alpha value is -0.610. The maximum Gasteiger partial charge on any atom is 0.222 e. The van der Waals surface area contributed by atoms with Crippen LogP contribution in [-0.4, -0.2) is 49.7 Å². The number of rotatable bonds is 3. The Morgan fingerprint density at radius 3 is 2.89 bits per heavy atom. The molecule has 1 spiro atoms. The van der Waals surface area contributed by atoms with Gasteiger partial charge in [0, 0.05) is 38.8 Å². The van der Waals surface area contributed by atoms with Gasteiger partial charge in [-0.1, -0.05) is 0 Å². The highest BCUT2D eigenvalue weighted by Crippen LogP contribution is 2.39. The van der Waals surface area contributed by atoms with Crippen LogP contribution in [0.5, 0.6) is 0 Å². The Labute approximate surface area is 115 Å². The molecule has 3 aliphatic heterocycles. The topological polar surface area (TPSA) is 41.6 Å². The number of hydrogen-bond donors (Lipinski definition) is 1. The van der Waals surface area contributed by atoms with E-state index in [1.54, 1.807) is 0 Å². The molecular formula is C15H26N2O2. The third-order valence-corrected chi connectivity index (χ3v) is 5.21. The standard InChI is InChI=1S/C15H26N2O2/c18-14(4-3-13-2-1-8-16-13)17-9-5-15(12-17)6-10-19-11-7-15/h13,16H,1-12H2. The lowest BCUT2D eigenvalue weighted by Crippen LogP contribution is -2.36. The summed E-state index contributed by atoms with van der Waals surface area (Å²) in [5, 5.41) is 3.47. The molecule has 0 aliphatic carbocycles. The lowest BCUT2D eigenvalue weighted by atomic mass is 9.80. The summed E-state index contributed by atoms with van der Waals surface area (Å²) in [6, 6.07) is 0.587. The van der Waals surface area contributed by atoms with Crippen LogP contribution in [0.4, 0.5) is 0 Å². The molecule has 0 radical (unpaired) electrons. The monoisotopic (exact) mass is 266 g/mol. The number of ether oxygens (including phenoxy) is 1. The molecule has 0 aromatic heterocycles. The molecular weight excluding hydrogens is 240 g/mol. The molecule has 1 N–H and O–H groups in total. The van der Waals surface area contributed by atoms with Crippen LogP contribution in [0.25, 0.3) is 0 Å². The molecule has 1 atom stereocenters. The third-order valence-electron chi connectivity index (χ3n) is 5.21. The van der Waals surface area contributed by atoms with Crippen molar-refractivity contribution >= 4 is 5.91 Å². The second-order valence-corrected chi connectivity index (χ2v) is 6.51. The van der Waals surface area contributed by atoms with E-state index in [-0.39, 0.29) is 0 Å². The first-order valence-corrected chi connectivity index (χ1v) is 7.86. The molecule has 0 aromatic carbocycles. The van der Waals surface area contributed by atoms with Crippen LogP contribution in [0.2, 0.25) is 0 Å².